The summed E-state index contributed by atoms with van der Waals surface area (Å²) in [7, 11) is 1.60. The smallest absolute Gasteiger partial charge is 0.134 e. The lowest BCUT2D eigenvalue weighted by atomic mass is 10.2. The Hall–Kier alpha value is -0.940. The summed E-state index contributed by atoms with van der Waals surface area (Å²) >= 11 is 3.32. The number of benzene rings is 1. The highest BCUT2D eigenvalue weighted by molar-refractivity contribution is 9.10. The molecule has 1 rings (SSSR count). The van der Waals surface area contributed by atoms with Crippen LogP contribution in [-0.4, -0.2) is 7.11 Å². The van der Waals surface area contributed by atoms with E-state index in [-0.39, 0.29) is 0 Å². The van der Waals surface area contributed by atoms with Gasteiger partial charge in [0.05, 0.1) is 12.7 Å². The normalized spacial score (nSPS) is 8.82. The average molecular weight is 211 g/mol. The van der Waals surface area contributed by atoms with E-state index in [1.54, 1.807) is 7.11 Å². The van der Waals surface area contributed by atoms with E-state index in [1.807, 2.05) is 18.2 Å². The molecule has 0 aliphatic carbocycles. The van der Waals surface area contributed by atoms with Crippen molar-refractivity contribution in [1.82, 2.24) is 0 Å². The largest absolute Gasteiger partial charge is 0.495 e. The van der Waals surface area contributed by atoms with Crippen LogP contribution in [0.15, 0.2) is 22.7 Å². The highest BCUT2D eigenvalue weighted by Crippen LogP contribution is 2.21. The van der Waals surface area contributed by atoms with Gasteiger partial charge in [-0.3, -0.25) is 0 Å². The molecule has 56 valence electrons. The summed E-state index contributed by atoms with van der Waals surface area (Å²) in [5.41, 5.74) is 0.766. The lowest BCUT2D eigenvalue weighted by Gasteiger charge is -2.02. The second-order valence-corrected chi connectivity index (χ2v) is 2.90. The van der Waals surface area contributed by atoms with E-state index < -0.39 is 0 Å². The summed E-state index contributed by atoms with van der Waals surface area (Å²) in [5, 5.41) is 0. The highest BCUT2D eigenvalue weighted by atomic mass is 79.9. The minimum atomic E-state index is 0.732. The van der Waals surface area contributed by atoms with Gasteiger partial charge in [0.15, 0.2) is 0 Å². The van der Waals surface area contributed by atoms with Gasteiger partial charge in [0, 0.05) is 4.47 Å². The maximum Gasteiger partial charge on any atom is 0.134 e. The summed E-state index contributed by atoms with van der Waals surface area (Å²) in [6, 6.07) is 5.57. The average Bonchev–Trinajstić information content (AvgIpc) is 2.04. The SMILES string of the molecule is C#Cc1cc(Br)ccc1OC. The van der Waals surface area contributed by atoms with Crippen molar-refractivity contribution in [2.24, 2.45) is 0 Å². The molecule has 0 aliphatic rings. The summed E-state index contributed by atoms with van der Waals surface area (Å²) in [6.45, 7) is 0. The number of ether oxygens (including phenoxy) is 1. The van der Waals surface area contributed by atoms with Crippen molar-refractivity contribution in [3.8, 4) is 18.1 Å². The highest BCUT2D eigenvalue weighted by Gasteiger charge is 1.98. The Morgan fingerprint density at radius 2 is 2.27 bits per heavy atom. The molecule has 0 bridgehead atoms. The third kappa shape index (κ3) is 1.75. The van der Waals surface area contributed by atoms with E-state index in [4.69, 9.17) is 11.2 Å². The minimum absolute atomic E-state index is 0.732. The number of hydrogen-bond acceptors (Lipinski definition) is 1. The molecule has 0 unspecified atom stereocenters. The Labute approximate surface area is 74.5 Å². The van der Waals surface area contributed by atoms with Crippen LogP contribution in [0.3, 0.4) is 0 Å². The molecule has 0 fully saturated rings. The van der Waals surface area contributed by atoms with Gasteiger partial charge in [-0.1, -0.05) is 21.9 Å². The first-order chi connectivity index (χ1) is 5.27. The van der Waals surface area contributed by atoms with Crippen molar-refractivity contribution in [2.75, 3.05) is 7.11 Å². The van der Waals surface area contributed by atoms with Crippen LogP contribution in [0.2, 0.25) is 0 Å². The molecule has 1 aromatic carbocycles. The van der Waals surface area contributed by atoms with Crippen molar-refractivity contribution < 1.29 is 4.74 Å². The monoisotopic (exact) mass is 210 g/mol. The fourth-order valence-corrected chi connectivity index (χ4v) is 1.15. The number of hydrogen-bond donors (Lipinski definition) is 0. The topological polar surface area (TPSA) is 9.23 Å². The lowest BCUT2D eigenvalue weighted by molar-refractivity contribution is 0.413. The van der Waals surface area contributed by atoms with Crippen molar-refractivity contribution in [3.63, 3.8) is 0 Å². The molecule has 0 heterocycles. The third-order valence-electron chi connectivity index (χ3n) is 1.32. The second-order valence-electron chi connectivity index (χ2n) is 1.99. The molecule has 2 heteroatoms. The zero-order chi connectivity index (χ0) is 8.27. The van der Waals surface area contributed by atoms with Crippen LogP contribution >= 0.6 is 15.9 Å². The molecule has 0 spiro atoms. The maximum atomic E-state index is 5.24. The van der Waals surface area contributed by atoms with Gasteiger partial charge < -0.3 is 4.74 Å². The van der Waals surface area contributed by atoms with Crippen LogP contribution in [0.25, 0.3) is 0 Å². The standard InChI is InChI=1S/C9H7BrO/c1-3-7-6-8(10)4-5-9(7)11-2/h1,4-6H,2H3. The van der Waals surface area contributed by atoms with E-state index in [2.05, 4.69) is 21.9 Å². The van der Waals surface area contributed by atoms with Gasteiger partial charge in [-0.2, -0.15) is 0 Å². The van der Waals surface area contributed by atoms with E-state index >= 15 is 0 Å². The molecule has 11 heavy (non-hydrogen) atoms. The minimum Gasteiger partial charge on any atom is -0.495 e. The summed E-state index contributed by atoms with van der Waals surface area (Å²) in [4.78, 5) is 0. The third-order valence-corrected chi connectivity index (χ3v) is 1.81. The summed E-state index contributed by atoms with van der Waals surface area (Å²) < 4.78 is 5.99. The van der Waals surface area contributed by atoms with Crippen molar-refractivity contribution in [2.45, 2.75) is 0 Å². The van der Waals surface area contributed by atoms with Gasteiger partial charge in [0.1, 0.15) is 5.75 Å². The van der Waals surface area contributed by atoms with Gasteiger partial charge >= 0.3 is 0 Å². The fraction of sp³-hybridized carbons (Fsp3) is 0.111. The molecule has 0 saturated carbocycles. The number of rotatable bonds is 1. The van der Waals surface area contributed by atoms with Crippen molar-refractivity contribution >= 4 is 15.9 Å². The van der Waals surface area contributed by atoms with E-state index in [0.717, 1.165) is 15.8 Å². The quantitative estimate of drug-likeness (QED) is 0.648. The molecule has 0 amide bonds. The first-order valence-corrected chi connectivity index (χ1v) is 3.87. The van der Waals surface area contributed by atoms with E-state index in [1.165, 1.54) is 0 Å². The second kappa shape index (κ2) is 3.45. The zero-order valence-electron chi connectivity index (χ0n) is 6.10. The Morgan fingerprint density at radius 1 is 1.55 bits per heavy atom. The van der Waals surface area contributed by atoms with Crippen LogP contribution in [0, 0.1) is 12.3 Å². The first-order valence-electron chi connectivity index (χ1n) is 3.08. The fourth-order valence-electron chi connectivity index (χ4n) is 0.793. The van der Waals surface area contributed by atoms with Crippen LogP contribution in [0.1, 0.15) is 5.56 Å². The van der Waals surface area contributed by atoms with E-state index in [0.29, 0.717) is 0 Å². The van der Waals surface area contributed by atoms with Crippen LogP contribution in [0.5, 0.6) is 5.75 Å². The molecule has 1 aromatic rings. The zero-order valence-corrected chi connectivity index (χ0v) is 7.68. The van der Waals surface area contributed by atoms with Gasteiger partial charge in [-0.15, -0.1) is 6.42 Å². The molecule has 0 radical (unpaired) electrons. The van der Waals surface area contributed by atoms with Gasteiger partial charge in [-0.25, -0.2) is 0 Å². The predicted octanol–water partition coefficient (Wildman–Crippen LogP) is 2.44. The molecule has 0 N–H and O–H groups in total. The number of methoxy groups -OCH3 is 1. The maximum absolute atomic E-state index is 5.24. The number of halogens is 1. The van der Waals surface area contributed by atoms with Crippen LogP contribution in [-0.2, 0) is 0 Å². The van der Waals surface area contributed by atoms with Gasteiger partial charge in [-0.05, 0) is 18.2 Å². The Kier molecular flexibility index (Phi) is 2.56. The van der Waals surface area contributed by atoms with Gasteiger partial charge in [0.2, 0.25) is 0 Å². The lowest BCUT2D eigenvalue weighted by Crippen LogP contribution is -1.86. The van der Waals surface area contributed by atoms with Crippen LogP contribution < -0.4 is 4.74 Å². The van der Waals surface area contributed by atoms with Crippen molar-refractivity contribution in [3.05, 3.63) is 28.2 Å². The first kappa shape index (κ1) is 8.16. The molecule has 0 aliphatic heterocycles. The Balaban J connectivity index is 3.19. The predicted molar refractivity (Wildman–Crippen MR) is 48.6 cm³/mol. The van der Waals surface area contributed by atoms with Gasteiger partial charge in [0.25, 0.3) is 0 Å². The van der Waals surface area contributed by atoms with Crippen molar-refractivity contribution in [1.29, 1.82) is 0 Å². The Bertz CT molecular complexity index is 299. The van der Waals surface area contributed by atoms with Crippen LogP contribution in [0.4, 0.5) is 0 Å². The molecule has 1 nitrogen and oxygen atoms in total. The molecular formula is C9H7BrO. The molecular weight excluding hydrogens is 204 g/mol. The van der Waals surface area contributed by atoms with E-state index in [9.17, 15) is 0 Å². The summed E-state index contributed by atoms with van der Waals surface area (Å²) in [6.07, 6.45) is 5.24. The molecule has 0 aromatic heterocycles. The molecule has 0 atom stereocenters. The Morgan fingerprint density at radius 3 is 2.82 bits per heavy atom. The summed E-state index contributed by atoms with van der Waals surface area (Å²) in [5.74, 6) is 3.26. The number of terminal acetylenes is 1. The molecule has 0 saturated heterocycles.